The Bertz CT molecular complexity index is 2580. The van der Waals surface area contributed by atoms with Gasteiger partial charge in [0.25, 0.3) is 0 Å². The zero-order valence-electron chi connectivity index (χ0n) is 39.5. The minimum atomic E-state index is -0.269. The van der Waals surface area contributed by atoms with E-state index in [-0.39, 0.29) is 23.0 Å². The number of nitrogens with one attached hydrogen (secondary N) is 1. The number of hydrogen-bond acceptors (Lipinski definition) is 17. The molecule has 360 valence electrons. The van der Waals surface area contributed by atoms with Gasteiger partial charge in [0.2, 0.25) is 23.0 Å². The average Bonchev–Trinajstić information content (AvgIpc) is 4.17. The van der Waals surface area contributed by atoms with Crippen LogP contribution in [-0.2, 0) is 46.2 Å². The van der Waals surface area contributed by atoms with Crippen molar-refractivity contribution in [2.24, 2.45) is 25.9 Å². The van der Waals surface area contributed by atoms with Gasteiger partial charge in [0, 0.05) is 152 Å². The summed E-state index contributed by atoms with van der Waals surface area (Å²) in [4.78, 5) is 53.6. The lowest BCUT2D eigenvalue weighted by Crippen LogP contribution is -2.49. The molecule has 21 heteroatoms. The Labute approximate surface area is 405 Å². The number of carbonyl (C=O) groups excluding carboxylic acids is 2. The fourth-order valence-corrected chi connectivity index (χ4v) is 10.3. The van der Waals surface area contributed by atoms with E-state index < -0.39 is 0 Å². The molecule has 6 aromatic rings. The lowest BCUT2D eigenvalue weighted by atomic mass is 10.1. The Hall–Kier alpha value is -4.67. The lowest BCUT2D eigenvalue weighted by Gasteiger charge is -2.35. The highest BCUT2D eigenvalue weighted by Gasteiger charge is 2.26. The largest absolute Gasteiger partial charge is 0.378 e. The van der Waals surface area contributed by atoms with Gasteiger partial charge in [0.05, 0.1) is 70.6 Å². The molecular weight excluding hydrogens is 912 g/mol. The standard InChI is InChI=1S/C23H31N7O2S.C19H25N7OS.C4H7ClO/c1-16(2)22(31)29-6-4-28(5-7-29)14-18-15-33-21-19(17-12-24-27(3)13-17)25-23(26-20(18)21)30-8-10-32-11-9-30;1-24-11-14(10-21-24)16-18-17(23-19(22-16)26-6-8-27-9-7-26)15(13-28-18)12-25-4-2-20-3-5-25;1-3(2)4(5)6/h12-13,15-16H,4-11,14H2,1-3H3;10-11,13,20H,2-9,12H2,1H3;3H,1-2H3. The van der Waals surface area contributed by atoms with Gasteiger partial charge in [-0.05, 0) is 22.4 Å². The first-order valence-corrected chi connectivity index (χ1v) is 25.4. The van der Waals surface area contributed by atoms with Crippen molar-refractivity contribution in [3.8, 4) is 22.5 Å². The van der Waals surface area contributed by atoms with Crippen molar-refractivity contribution in [2.75, 3.05) is 115 Å². The number of rotatable bonds is 10. The van der Waals surface area contributed by atoms with E-state index in [4.69, 9.17) is 41.0 Å². The summed E-state index contributed by atoms with van der Waals surface area (Å²) in [7, 11) is 3.86. The highest BCUT2D eigenvalue weighted by Crippen LogP contribution is 2.37. The van der Waals surface area contributed by atoms with Crippen molar-refractivity contribution in [3.63, 3.8) is 0 Å². The summed E-state index contributed by atoms with van der Waals surface area (Å²) in [5.74, 6) is 1.84. The molecule has 0 aliphatic carbocycles. The first kappa shape index (κ1) is 48.8. The van der Waals surface area contributed by atoms with E-state index in [1.807, 2.05) is 67.0 Å². The van der Waals surface area contributed by atoms with Crippen LogP contribution in [0, 0.1) is 11.8 Å². The number of aromatic nitrogens is 8. The van der Waals surface area contributed by atoms with Crippen LogP contribution in [0.4, 0.5) is 11.9 Å². The van der Waals surface area contributed by atoms with Crippen molar-refractivity contribution in [1.29, 1.82) is 0 Å². The molecule has 18 nitrogen and oxygen atoms in total. The van der Waals surface area contributed by atoms with Gasteiger partial charge in [-0.3, -0.25) is 28.8 Å². The van der Waals surface area contributed by atoms with Crippen LogP contribution in [0.2, 0.25) is 0 Å². The number of halogens is 1. The maximum absolute atomic E-state index is 12.3. The van der Waals surface area contributed by atoms with Crippen LogP contribution in [0.5, 0.6) is 0 Å². The Morgan fingerprint density at radius 3 is 1.46 bits per heavy atom. The molecule has 1 N–H and O–H groups in total. The monoisotopic (exact) mass is 974 g/mol. The number of aryl methyl sites for hydroxylation is 2. The highest BCUT2D eigenvalue weighted by atomic mass is 35.5. The Kier molecular flexibility index (Phi) is 16.5. The number of morpholine rings is 2. The Morgan fingerprint density at radius 2 is 1.07 bits per heavy atom. The number of amides is 1. The van der Waals surface area contributed by atoms with Crippen molar-refractivity contribution >= 4 is 77.8 Å². The second kappa shape index (κ2) is 22.6. The zero-order valence-corrected chi connectivity index (χ0v) is 41.9. The Balaban J connectivity index is 0.000000164. The summed E-state index contributed by atoms with van der Waals surface area (Å²) in [6, 6.07) is 0. The first-order valence-electron chi connectivity index (χ1n) is 23.2. The van der Waals surface area contributed by atoms with Gasteiger partial charge in [0.15, 0.2) is 0 Å². The Morgan fingerprint density at radius 1 is 0.642 bits per heavy atom. The second-order valence-electron chi connectivity index (χ2n) is 17.9. The van der Waals surface area contributed by atoms with Crippen LogP contribution >= 0.6 is 34.3 Å². The maximum Gasteiger partial charge on any atom is 0.226 e. The van der Waals surface area contributed by atoms with Crippen LogP contribution in [0.3, 0.4) is 0 Å². The molecule has 10 rings (SSSR count). The third-order valence-corrected chi connectivity index (χ3v) is 14.6. The van der Waals surface area contributed by atoms with E-state index >= 15 is 0 Å². The summed E-state index contributed by atoms with van der Waals surface area (Å²) in [6.07, 6.45) is 7.80. The first-order chi connectivity index (χ1) is 32.4. The van der Waals surface area contributed by atoms with Gasteiger partial charge in [-0.1, -0.05) is 27.7 Å². The van der Waals surface area contributed by atoms with Crippen molar-refractivity contribution in [1.82, 2.24) is 59.5 Å². The summed E-state index contributed by atoms with van der Waals surface area (Å²) in [5, 5.41) is 16.3. The van der Waals surface area contributed by atoms with E-state index in [0.29, 0.717) is 13.2 Å². The predicted molar refractivity (Wildman–Crippen MR) is 266 cm³/mol. The molecule has 67 heavy (non-hydrogen) atoms. The zero-order chi connectivity index (χ0) is 47.0. The van der Waals surface area contributed by atoms with E-state index in [0.717, 1.165) is 160 Å². The molecule has 0 spiro atoms. The predicted octanol–water partition coefficient (Wildman–Crippen LogP) is 4.97. The van der Waals surface area contributed by atoms with Gasteiger partial charge < -0.3 is 29.5 Å². The number of thiophene rings is 2. The van der Waals surface area contributed by atoms with Gasteiger partial charge >= 0.3 is 0 Å². The third kappa shape index (κ3) is 12.1. The summed E-state index contributed by atoms with van der Waals surface area (Å²) >= 11 is 8.42. The quantitative estimate of drug-likeness (QED) is 0.183. The van der Waals surface area contributed by atoms with Gasteiger partial charge in [0.1, 0.15) is 0 Å². The molecule has 0 unspecified atom stereocenters. The molecule has 4 saturated heterocycles. The van der Waals surface area contributed by atoms with E-state index in [9.17, 15) is 9.59 Å². The highest BCUT2D eigenvalue weighted by molar-refractivity contribution is 7.18. The second-order valence-corrected chi connectivity index (χ2v) is 20.0. The normalized spacial score (nSPS) is 17.5. The molecule has 0 saturated carbocycles. The summed E-state index contributed by atoms with van der Waals surface area (Å²) in [5.41, 5.74) is 8.60. The van der Waals surface area contributed by atoms with Gasteiger partial charge in [-0.25, -0.2) is 19.9 Å². The number of piperazine rings is 2. The fraction of sp³-hybridized carbons (Fsp3) is 0.565. The molecule has 4 fully saturated rings. The van der Waals surface area contributed by atoms with E-state index in [1.165, 1.54) is 11.1 Å². The molecule has 0 aromatic carbocycles. The molecular formula is C46H63ClN14O4S2. The molecule has 1 amide bonds. The summed E-state index contributed by atoms with van der Waals surface area (Å²) in [6.45, 7) is 22.9. The fourth-order valence-electron chi connectivity index (χ4n) is 8.26. The van der Waals surface area contributed by atoms with Crippen LogP contribution in [0.15, 0.2) is 35.5 Å². The molecule has 4 aliphatic rings. The van der Waals surface area contributed by atoms with Gasteiger partial charge in [-0.2, -0.15) is 10.2 Å². The third-order valence-electron chi connectivity index (χ3n) is 12.1. The maximum atomic E-state index is 12.3. The minimum Gasteiger partial charge on any atom is -0.378 e. The molecule has 0 bridgehead atoms. The number of carbonyl (C=O) groups is 2. The van der Waals surface area contributed by atoms with Crippen molar-refractivity contribution < 1.29 is 19.1 Å². The topological polar surface area (TPSA) is 168 Å². The molecule has 0 radical (unpaired) electrons. The van der Waals surface area contributed by atoms with Crippen molar-refractivity contribution in [2.45, 2.75) is 40.8 Å². The lowest BCUT2D eigenvalue weighted by molar-refractivity contribution is -0.136. The van der Waals surface area contributed by atoms with Crippen LogP contribution in [0.25, 0.3) is 42.9 Å². The number of hydrogen-bond donors (Lipinski definition) is 1. The summed E-state index contributed by atoms with van der Waals surface area (Å²) < 4.78 is 16.9. The van der Waals surface area contributed by atoms with Gasteiger partial charge in [-0.15, -0.1) is 22.7 Å². The average molecular weight is 976 g/mol. The number of fused-ring (bicyclic) bond motifs is 2. The molecule has 0 atom stereocenters. The number of ether oxygens (including phenoxy) is 2. The molecule has 4 aliphatic heterocycles. The molecule has 6 aromatic heterocycles. The molecule has 10 heterocycles. The van der Waals surface area contributed by atoms with E-state index in [2.05, 4.69) is 45.9 Å². The van der Waals surface area contributed by atoms with Crippen molar-refractivity contribution in [3.05, 3.63) is 46.7 Å². The van der Waals surface area contributed by atoms with E-state index in [1.54, 1.807) is 36.5 Å². The van der Waals surface area contributed by atoms with Crippen LogP contribution in [-0.4, -0.2) is 170 Å². The van der Waals surface area contributed by atoms with Crippen LogP contribution in [0.1, 0.15) is 38.8 Å². The number of anilines is 2. The minimum absolute atomic E-state index is 0.0216. The SMILES string of the molecule is CC(C)C(=O)Cl.CC(C)C(=O)N1CCN(Cc2csc3c(-c4cnn(C)c4)nc(N4CCOCC4)nc23)CC1.Cn1cc(-c2nc(N3CCOCC3)nc3c(CN4CCNCC4)csc23)cn1. The number of nitrogens with zero attached hydrogens (tertiary/aromatic N) is 13. The van der Waals surface area contributed by atoms with Crippen LogP contribution < -0.4 is 15.1 Å². The smallest absolute Gasteiger partial charge is 0.226 e.